The average molecular weight is 241 g/mol. The molecule has 0 saturated heterocycles. The van der Waals surface area contributed by atoms with Crippen molar-refractivity contribution in [3.05, 3.63) is 35.4 Å². The van der Waals surface area contributed by atoms with Crippen molar-refractivity contribution in [3.8, 4) is 11.6 Å². The number of nitrogens with two attached hydrogens (primary N) is 1. The Morgan fingerprint density at radius 3 is 2.61 bits per heavy atom. The van der Waals surface area contributed by atoms with Crippen molar-refractivity contribution in [2.45, 2.75) is 32.2 Å². The van der Waals surface area contributed by atoms with Gasteiger partial charge in [-0.15, -0.1) is 0 Å². The first kappa shape index (κ1) is 11.2. The van der Waals surface area contributed by atoms with Crippen LogP contribution in [0.2, 0.25) is 0 Å². The van der Waals surface area contributed by atoms with Crippen molar-refractivity contribution in [2.75, 3.05) is 0 Å². The van der Waals surface area contributed by atoms with Crippen LogP contribution in [0.3, 0.4) is 0 Å². The number of aryl methyl sites for hydroxylation is 2. The van der Waals surface area contributed by atoms with Gasteiger partial charge in [0.1, 0.15) is 0 Å². The van der Waals surface area contributed by atoms with Crippen molar-refractivity contribution in [2.24, 2.45) is 5.73 Å². The minimum absolute atomic E-state index is 0.0711. The summed E-state index contributed by atoms with van der Waals surface area (Å²) in [5, 5.41) is 0. The number of hydrogen-bond donors (Lipinski definition) is 1. The topological polar surface area (TPSA) is 77.6 Å². The first-order valence-corrected chi connectivity index (χ1v) is 6.14. The minimum Gasteiger partial charge on any atom is -0.324 e. The van der Waals surface area contributed by atoms with E-state index in [1.807, 2.05) is 13.1 Å². The molecule has 1 atom stereocenters. The van der Waals surface area contributed by atoms with Crippen LogP contribution in [0.25, 0.3) is 11.6 Å². The summed E-state index contributed by atoms with van der Waals surface area (Å²) in [5.41, 5.74) is 9.18. The Labute approximate surface area is 106 Å². The quantitative estimate of drug-likeness (QED) is 0.820. The molecule has 2 aromatic heterocycles. The van der Waals surface area contributed by atoms with Crippen molar-refractivity contribution in [1.82, 2.24) is 19.9 Å². The third-order valence-corrected chi connectivity index (χ3v) is 3.21. The van der Waals surface area contributed by atoms with Crippen molar-refractivity contribution >= 4 is 0 Å². The maximum atomic E-state index is 6.04. The molecular formula is C13H15N5. The zero-order chi connectivity index (χ0) is 12.5. The van der Waals surface area contributed by atoms with Crippen molar-refractivity contribution in [3.63, 3.8) is 0 Å². The molecule has 5 heteroatoms. The van der Waals surface area contributed by atoms with E-state index in [-0.39, 0.29) is 6.04 Å². The molecule has 92 valence electrons. The van der Waals surface area contributed by atoms with Gasteiger partial charge >= 0.3 is 0 Å². The first-order valence-electron chi connectivity index (χ1n) is 6.14. The van der Waals surface area contributed by atoms with Gasteiger partial charge in [-0.2, -0.15) is 0 Å². The molecule has 3 rings (SSSR count). The lowest BCUT2D eigenvalue weighted by Gasteiger charge is -2.20. The number of rotatable bonds is 1. The Hall–Kier alpha value is -1.88. The highest BCUT2D eigenvalue weighted by molar-refractivity contribution is 5.44. The van der Waals surface area contributed by atoms with E-state index in [0.717, 1.165) is 36.1 Å². The molecule has 18 heavy (non-hydrogen) atoms. The molecule has 0 bridgehead atoms. The van der Waals surface area contributed by atoms with E-state index in [0.29, 0.717) is 11.6 Å². The highest BCUT2D eigenvalue weighted by Crippen LogP contribution is 2.26. The second kappa shape index (κ2) is 4.42. The Morgan fingerprint density at radius 2 is 1.83 bits per heavy atom. The van der Waals surface area contributed by atoms with Gasteiger partial charge < -0.3 is 5.73 Å². The van der Waals surface area contributed by atoms with E-state index < -0.39 is 0 Å². The van der Waals surface area contributed by atoms with Crippen molar-refractivity contribution < 1.29 is 0 Å². The largest absolute Gasteiger partial charge is 0.324 e. The standard InChI is InChI=1S/C13H15N5/c1-8-5-15-12(16-6-8)13-17-7-9-10(14)3-2-4-11(9)18-13/h5-7,10H,2-4,14H2,1H3. The summed E-state index contributed by atoms with van der Waals surface area (Å²) in [6, 6.07) is 0.0711. The molecule has 2 aromatic rings. The van der Waals surface area contributed by atoms with Crippen LogP contribution >= 0.6 is 0 Å². The summed E-state index contributed by atoms with van der Waals surface area (Å²) >= 11 is 0. The third-order valence-electron chi connectivity index (χ3n) is 3.21. The smallest absolute Gasteiger partial charge is 0.197 e. The Morgan fingerprint density at radius 1 is 1.11 bits per heavy atom. The molecule has 0 amide bonds. The molecule has 0 saturated carbocycles. The van der Waals surface area contributed by atoms with Gasteiger partial charge in [0.2, 0.25) is 0 Å². The maximum Gasteiger partial charge on any atom is 0.197 e. The van der Waals surface area contributed by atoms with Crippen LogP contribution in [0, 0.1) is 6.92 Å². The van der Waals surface area contributed by atoms with Gasteiger partial charge in [-0.25, -0.2) is 19.9 Å². The minimum atomic E-state index is 0.0711. The van der Waals surface area contributed by atoms with Crippen molar-refractivity contribution in [1.29, 1.82) is 0 Å². The number of aromatic nitrogens is 4. The molecule has 2 N–H and O–H groups in total. The van der Waals surface area contributed by atoms with Gasteiger partial charge in [-0.05, 0) is 31.7 Å². The molecule has 1 unspecified atom stereocenters. The molecule has 0 aromatic carbocycles. The number of fused-ring (bicyclic) bond motifs is 1. The zero-order valence-electron chi connectivity index (χ0n) is 10.3. The Kier molecular flexibility index (Phi) is 2.76. The second-order valence-corrected chi connectivity index (χ2v) is 4.68. The number of hydrogen-bond acceptors (Lipinski definition) is 5. The van der Waals surface area contributed by atoms with E-state index in [9.17, 15) is 0 Å². The molecular weight excluding hydrogens is 226 g/mol. The number of nitrogens with zero attached hydrogens (tertiary/aromatic N) is 4. The van der Waals surface area contributed by atoms with Gasteiger partial charge in [-0.3, -0.25) is 0 Å². The van der Waals surface area contributed by atoms with Gasteiger partial charge in [0.15, 0.2) is 11.6 Å². The van der Waals surface area contributed by atoms with Crippen LogP contribution in [-0.4, -0.2) is 19.9 Å². The summed E-state index contributed by atoms with van der Waals surface area (Å²) in [7, 11) is 0. The highest BCUT2D eigenvalue weighted by Gasteiger charge is 2.19. The summed E-state index contributed by atoms with van der Waals surface area (Å²) < 4.78 is 0. The first-order chi connectivity index (χ1) is 8.74. The SMILES string of the molecule is Cc1cnc(-c2ncc3c(n2)CCCC3N)nc1. The second-order valence-electron chi connectivity index (χ2n) is 4.68. The Balaban J connectivity index is 2.01. The normalized spacial score (nSPS) is 18.4. The van der Waals surface area contributed by atoms with Gasteiger partial charge in [0.25, 0.3) is 0 Å². The lowest BCUT2D eigenvalue weighted by atomic mass is 9.93. The molecule has 2 heterocycles. The summed E-state index contributed by atoms with van der Waals surface area (Å²) in [4.78, 5) is 17.4. The fraction of sp³-hybridized carbons (Fsp3) is 0.385. The third kappa shape index (κ3) is 1.97. The van der Waals surface area contributed by atoms with Gasteiger partial charge in [0, 0.05) is 35.9 Å². The predicted molar refractivity (Wildman–Crippen MR) is 67.7 cm³/mol. The average Bonchev–Trinajstić information content (AvgIpc) is 2.39. The van der Waals surface area contributed by atoms with Gasteiger partial charge in [-0.1, -0.05) is 0 Å². The van der Waals surface area contributed by atoms with Crippen LogP contribution in [-0.2, 0) is 6.42 Å². The van der Waals surface area contributed by atoms with Crippen LogP contribution in [0.4, 0.5) is 0 Å². The lowest BCUT2D eigenvalue weighted by Crippen LogP contribution is -2.19. The van der Waals surface area contributed by atoms with Crippen LogP contribution in [0.5, 0.6) is 0 Å². The predicted octanol–water partition coefficient (Wildman–Crippen LogP) is 1.58. The fourth-order valence-corrected chi connectivity index (χ4v) is 2.20. The maximum absolute atomic E-state index is 6.04. The highest BCUT2D eigenvalue weighted by atomic mass is 15.0. The molecule has 0 spiro atoms. The zero-order valence-corrected chi connectivity index (χ0v) is 10.3. The summed E-state index contributed by atoms with van der Waals surface area (Å²) in [6.07, 6.45) is 8.43. The van der Waals surface area contributed by atoms with E-state index in [1.165, 1.54) is 0 Å². The van der Waals surface area contributed by atoms with E-state index in [2.05, 4.69) is 19.9 Å². The summed E-state index contributed by atoms with van der Waals surface area (Å²) in [6.45, 7) is 1.95. The fourth-order valence-electron chi connectivity index (χ4n) is 2.20. The molecule has 0 aliphatic heterocycles. The van der Waals surface area contributed by atoms with E-state index in [4.69, 9.17) is 5.73 Å². The van der Waals surface area contributed by atoms with Gasteiger partial charge in [0.05, 0.1) is 0 Å². The molecule has 0 fully saturated rings. The molecule has 1 aliphatic rings. The van der Waals surface area contributed by atoms with Crippen LogP contribution < -0.4 is 5.73 Å². The van der Waals surface area contributed by atoms with E-state index in [1.54, 1.807) is 12.4 Å². The molecule has 0 radical (unpaired) electrons. The van der Waals surface area contributed by atoms with Crippen LogP contribution in [0.1, 0.15) is 35.7 Å². The van der Waals surface area contributed by atoms with E-state index >= 15 is 0 Å². The van der Waals surface area contributed by atoms with Crippen LogP contribution in [0.15, 0.2) is 18.6 Å². The molecule has 1 aliphatic carbocycles. The Bertz CT molecular complexity index is 564. The lowest BCUT2D eigenvalue weighted by molar-refractivity contribution is 0.557. The monoisotopic (exact) mass is 241 g/mol. The molecule has 5 nitrogen and oxygen atoms in total. The summed E-state index contributed by atoms with van der Waals surface area (Å²) in [5.74, 6) is 1.16.